The summed E-state index contributed by atoms with van der Waals surface area (Å²) < 4.78 is 0. The molecule has 0 atom stereocenters. The van der Waals surface area contributed by atoms with E-state index in [-0.39, 0.29) is 0 Å². The average molecular weight is 270 g/mol. The van der Waals surface area contributed by atoms with Crippen LogP contribution >= 0.6 is 0 Å². The highest BCUT2D eigenvalue weighted by Crippen LogP contribution is 2.21. The molecule has 106 valence electrons. The fraction of sp³-hybridized carbons (Fsp3) is 0.375. The summed E-state index contributed by atoms with van der Waals surface area (Å²) in [5, 5.41) is 3.11. The summed E-state index contributed by atoms with van der Waals surface area (Å²) in [6.07, 6.45) is 2.34. The molecular formula is C16H22N4. The lowest BCUT2D eigenvalue weighted by atomic mass is 10.2. The Bertz CT molecular complexity index is 539. The Labute approximate surface area is 120 Å². The highest BCUT2D eigenvalue weighted by atomic mass is 15.2. The average Bonchev–Trinajstić information content (AvgIpc) is 2.52. The molecule has 0 fully saturated rings. The van der Waals surface area contributed by atoms with Crippen LogP contribution in [0, 0.1) is 0 Å². The minimum atomic E-state index is 0.760. The molecule has 0 amide bonds. The zero-order chi connectivity index (χ0) is 14.4. The van der Waals surface area contributed by atoms with Crippen LogP contribution in [-0.2, 0) is 0 Å². The van der Waals surface area contributed by atoms with Crippen molar-refractivity contribution in [3.63, 3.8) is 0 Å². The molecular weight excluding hydrogens is 248 g/mol. The first-order chi connectivity index (χ1) is 9.74. The van der Waals surface area contributed by atoms with Gasteiger partial charge in [0, 0.05) is 32.3 Å². The van der Waals surface area contributed by atoms with Crippen LogP contribution in [0.2, 0.25) is 0 Å². The Morgan fingerprint density at radius 1 is 1.15 bits per heavy atom. The highest BCUT2D eigenvalue weighted by Gasteiger charge is 2.09. The number of rotatable bonds is 6. The molecule has 0 bridgehead atoms. The van der Waals surface area contributed by atoms with Gasteiger partial charge >= 0.3 is 0 Å². The van der Waals surface area contributed by atoms with Crippen LogP contribution in [0.15, 0.2) is 36.4 Å². The Morgan fingerprint density at radius 3 is 2.55 bits per heavy atom. The molecule has 2 aromatic rings. The van der Waals surface area contributed by atoms with Crippen LogP contribution < -0.4 is 10.2 Å². The fourth-order valence-electron chi connectivity index (χ4n) is 1.98. The van der Waals surface area contributed by atoms with E-state index < -0.39 is 0 Å². The first kappa shape index (κ1) is 14.3. The van der Waals surface area contributed by atoms with Gasteiger partial charge in [-0.25, -0.2) is 9.97 Å². The van der Waals surface area contributed by atoms with Gasteiger partial charge < -0.3 is 10.2 Å². The maximum absolute atomic E-state index is 4.68. The van der Waals surface area contributed by atoms with Crippen molar-refractivity contribution >= 4 is 11.6 Å². The summed E-state index contributed by atoms with van der Waals surface area (Å²) in [5.74, 6) is 2.56. The van der Waals surface area contributed by atoms with Gasteiger partial charge in [0.2, 0.25) is 0 Å². The maximum Gasteiger partial charge on any atom is 0.163 e. The van der Waals surface area contributed by atoms with Gasteiger partial charge in [-0.05, 0) is 6.42 Å². The van der Waals surface area contributed by atoms with Crippen molar-refractivity contribution in [2.45, 2.75) is 19.8 Å². The molecule has 1 aromatic carbocycles. The lowest BCUT2D eigenvalue weighted by Crippen LogP contribution is -2.20. The normalized spacial score (nSPS) is 10.3. The SMILES string of the molecule is CCCCN(C)c1cc(NC)nc(-c2ccccc2)n1. The maximum atomic E-state index is 4.68. The Balaban J connectivity index is 2.34. The smallest absolute Gasteiger partial charge is 0.163 e. The van der Waals surface area contributed by atoms with E-state index in [2.05, 4.69) is 34.2 Å². The van der Waals surface area contributed by atoms with Crippen LogP contribution in [0.4, 0.5) is 11.6 Å². The number of aromatic nitrogens is 2. The first-order valence-electron chi connectivity index (χ1n) is 7.08. The molecule has 0 spiro atoms. The summed E-state index contributed by atoms with van der Waals surface area (Å²) in [4.78, 5) is 11.4. The van der Waals surface area contributed by atoms with E-state index in [0.717, 1.165) is 36.0 Å². The summed E-state index contributed by atoms with van der Waals surface area (Å²) in [5.41, 5.74) is 1.04. The van der Waals surface area contributed by atoms with E-state index in [1.54, 1.807) is 0 Å². The van der Waals surface area contributed by atoms with Crippen molar-refractivity contribution in [2.24, 2.45) is 0 Å². The zero-order valence-electron chi connectivity index (χ0n) is 12.4. The standard InChI is InChI=1S/C16H22N4/c1-4-5-11-20(3)15-12-14(17-2)18-16(19-15)13-9-7-6-8-10-13/h6-10,12H,4-5,11H2,1-3H3,(H,17,18,19). The van der Waals surface area contributed by atoms with Gasteiger partial charge in [0.1, 0.15) is 11.6 Å². The molecule has 0 saturated carbocycles. The molecule has 1 aromatic heterocycles. The van der Waals surface area contributed by atoms with Crippen LogP contribution in [0.3, 0.4) is 0 Å². The molecule has 1 heterocycles. The zero-order valence-corrected chi connectivity index (χ0v) is 12.4. The molecule has 4 nitrogen and oxygen atoms in total. The van der Waals surface area contributed by atoms with Crippen molar-refractivity contribution < 1.29 is 0 Å². The van der Waals surface area contributed by atoms with Gasteiger partial charge in [-0.1, -0.05) is 43.7 Å². The molecule has 0 unspecified atom stereocenters. The number of hydrogen-bond donors (Lipinski definition) is 1. The molecule has 2 rings (SSSR count). The van der Waals surface area contributed by atoms with E-state index in [1.165, 1.54) is 6.42 Å². The van der Waals surface area contributed by atoms with Gasteiger partial charge in [0.05, 0.1) is 0 Å². The third-order valence-corrected chi connectivity index (χ3v) is 3.24. The van der Waals surface area contributed by atoms with Crippen molar-refractivity contribution in [2.75, 3.05) is 30.9 Å². The second-order valence-electron chi connectivity index (χ2n) is 4.83. The Morgan fingerprint density at radius 2 is 1.90 bits per heavy atom. The predicted octanol–water partition coefficient (Wildman–Crippen LogP) is 3.42. The van der Waals surface area contributed by atoms with E-state index in [4.69, 9.17) is 0 Å². The van der Waals surface area contributed by atoms with Gasteiger partial charge in [-0.15, -0.1) is 0 Å². The molecule has 20 heavy (non-hydrogen) atoms. The topological polar surface area (TPSA) is 41.0 Å². The molecule has 0 saturated heterocycles. The quantitative estimate of drug-likeness (QED) is 0.873. The molecule has 0 aliphatic rings. The largest absolute Gasteiger partial charge is 0.373 e. The van der Waals surface area contributed by atoms with Crippen LogP contribution in [0.25, 0.3) is 11.4 Å². The minimum Gasteiger partial charge on any atom is -0.373 e. The minimum absolute atomic E-state index is 0.760. The van der Waals surface area contributed by atoms with Gasteiger partial charge in [0.25, 0.3) is 0 Å². The predicted molar refractivity (Wildman–Crippen MR) is 85.2 cm³/mol. The lowest BCUT2D eigenvalue weighted by Gasteiger charge is -2.19. The number of nitrogens with zero attached hydrogens (tertiary/aromatic N) is 3. The monoisotopic (exact) mass is 270 g/mol. The number of hydrogen-bond acceptors (Lipinski definition) is 4. The number of anilines is 2. The number of unbranched alkanes of at least 4 members (excludes halogenated alkanes) is 1. The third kappa shape index (κ3) is 3.47. The highest BCUT2D eigenvalue weighted by molar-refractivity contribution is 5.61. The second kappa shape index (κ2) is 6.89. The van der Waals surface area contributed by atoms with Gasteiger partial charge in [0.15, 0.2) is 5.82 Å². The number of benzene rings is 1. The van der Waals surface area contributed by atoms with Crippen LogP contribution in [-0.4, -0.2) is 30.6 Å². The van der Waals surface area contributed by atoms with Gasteiger partial charge in [-0.2, -0.15) is 0 Å². The summed E-state index contributed by atoms with van der Waals surface area (Å²) >= 11 is 0. The van der Waals surface area contributed by atoms with Crippen molar-refractivity contribution in [3.8, 4) is 11.4 Å². The van der Waals surface area contributed by atoms with Crippen molar-refractivity contribution in [1.82, 2.24) is 9.97 Å². The summed E-state index contributed by atoms with van der Waals surface area (Å²) in [7, 11) is 3.96. The molecule has 0 aliphatic carbocycles. The fourth-order valence-corrected chi connectivity index (χ4v) is 1.98. The lowest BCUT2D eigenvalue weighted by molar-refractivity contribution is 0.759. The van der Waals surface area contributed by atoms with Crippen LogP contribution in [0.5, 0.6) is 0 Å². The van der Waals surface area contributed by atoms with Gasteiger partial charge in [-0.3, -0.25) is 0 Å². The van der Waals surface area contributed by atoms with E-state index in [0.29, 0.717) is 0 Å². The molecule has 0 aliphatic heterocycles. The summed E-state index contributed by atoms with van der Waals surface area (Å²) in [6.45, 7) is 3.20. The Hall–Kier alpha value is -2.10. The second-order valence-corrected chi connectivity index (χ2v) is 4.83. The van der Waals surface area contributed by atoms with Crippen molar-refractivity contribution in [3.05, 3.63) is 36.4 Å². The van der Waals surface area contributed by atoms with Crippen molar-refractivity contribution in [1.29, 1.82) is 0 Å². The molecule has 4 heteroatoms. The Kier molecular flexibility index (Phi) is 4.93. The van der Waals surface area contributed by atoms with E-state index in [1.807, 2.05) is 43.4 Å². The number of nitrogens with one attached hydrogen (secondary N) is 1. The third-order valence-electron chi connectivity index (χ3n) is 3.24. The van der Waals surface area contributed by atoms with E-state index in [9.17, 15) is 0 Å². The van der Waals surface area contributed by atoms with Crippen LogP contribution in [0.1, 0.15) is 19.8 Å². The molecule has 1 N–H and O–H groups in total. The first-order valence-corrected chi connectivity index (χ1v) is 7.08. The van der Waals surface area contributed by atoms with E-state index >= 15 is 0 Å². The molecule has 0 radical (unpaired) electrons. The summed E-state index contributed by atoms with van der Waals surface area (Å²) in [6, 6.07) is 12.1.